The number of hydrogen-bond donors (Lipinski definition) is 0. The number of aryl methyl sites for hydroxylation is 3. The van der Waals surface area contributed by atoms with Crippen molar-refractivity contribution >= 4 is 10.8 Å². The Labute approximate surface area is 110 Å². The lowest BCUT2D eigenvalue weighted by Crippen LogP contribution is -2.01. The molecule has 0 saturated heterocycles. The van der Waals surface area contributed by atoms with E-state index in [0.29, 0.717) is 17.3 Å². The Morgan fingerprint density at radius 1 is 1.17 bits per heavy atom. The summed E-state index contributed by atoms with van der Waals surface area (Å²) < 4.78 is 17.2. The first-order chi connectivity index (χ1) is 8.54. The second-order valence-corrected chi connectivity index (χ2v) is 6.05. The summed E-state index contributed by atoms with van der Waals surface area (Å²) in [7, 11) is -0.961. The fourth-order valence-electron chi connectivity index (χ4n) is 1.82. The van der Waals surface area contributed by atoms with Gasteiger partial charge in [-0.25, -0.2) is 0 Å². The van der Waals surface area contributed by atoms with Crippen molar-refractivity contribution in [2.45, 2.75) is 32.3 Å². The first-order valence-electron chi connectivity index (χ1n) is 5.88. The second kappa shape index (κ2) is 5.48. The van der Waals surface area contributed by atoms with Crippen LogP contribution in [0.25, 0.3) is 0 Å². The number of aromatic nitrogens is 1. The number of rotatable bonds is 4. The van der Waals surface area contributed by atoms with E-state index in [9.17, 15) is 4.21 Å². The van der Waals surface area contributed by atoms with Crippen LogP contribution in [0.1, 0.15) is 28.1 Å². The highest BCUT2D eigenvalue weighted by atomic mass is 32.2. The summed E-state index contributed by atoms with van der Waals surface area (Å²) in [6, 6.07) is 8.07. The third-order valence-electron chi connectivity index (χ3n) is 2.80. The molecule has 1 atom stereocenters. The van der Waals surface area contributed by atoms with Crippen LogP contribution in [0.5, 0.6) is 0 Å². The molecule has 0 saturated carbocycles. The van der Waals surface area contributed by atoms with Gasteiger partial charge in [0.2, 0.25) is 0 Å². The Kier molecular flexibility index (Phi) is 3.97. The molecule has 2 rings (SSSR count). The molecule has 0 aliphatic carbocycles. The van der Waals surface area contributed by atoms with Gasteiger partial charge in [0.25, 0.3) is 0 Å². The van der Waals surface area contributed by atoms with Crippen molar-refractivity contribution in [1.82, 2.24) is 5.16 Å². The summed E-state index contributed by atoms with van der Waals surface area (Å²) in [5, 5.41) is 3.80. The van der Waals surface area contributed by atoms with Gasteiger partial charge in [-0.1, -0.05) is 28.9 Å². The van der Waals surface area contributed by atoms with E-state index in [0.717, 1.165) is 11.3 Å². The topological polar surface area (TPSA) is 43.1 Å². The smallest absolute Gasteiger partial charge is 0.149 e. The molecule has 0 fully saturated rings. The van der Waals surface area contributed by atoms with Gasteiger partial charge in [0.1, 0.15) is 5.76 Å². The highest BCUT2D eigenvalue weighted by Crippen LogP contribution is 2.15. The highest BCUT2D eigenvalue weighted by Gasteiger charge is 2.09. The van der Waals surface area contributed by atoms with Crippen molar-refractivity contribution in [2.75, 3.05) is 0 Å². The molecule has 96 valence electrons. The Hall–Kier alpha value is -1.42. The molecule has 0 radical (unpaired) electrons. The molecule has 3 nitrogen and oxygen atoms in total. The normalized spacial score (nSPS) is 12.6. The van der Waals surface area contributed by atoms with Crippen molar-refractivity contribution in [1.29, 1.82) is 0 Å². The van der Waals surface area contributed by atoms with E-state index in [4.69, 9.17) is 4.52 Å². The Balaban J connectivity index is 2.05. The third kappa shape index (κ3) is 3.29. The maximum atomic E-state index is 12.1. The molecule has 0 spiro atoms. The van der Waals surface area contributed by atoms with Crippen molar-refractivity contribution < 1.29 is 8.73 Å². The minimum Gasteiger partial charge on any atom is -0.360 e. The van der Waals surface area contributed by atoms with E-state index in [1.165, 1.54) is 11.1 Å². The van der Waals surface area contributed by atoms with Gasteiger partial charge >= 0.3 is 0 Å². The highest BCUT2D eigenvalue weighted by molar-refractivity contribution is 7.83. The zero-order valence-electron chi connectivity index (χ0n) is 10.9. The lowest BCUT2D eigenvalue weighted by Gasteiger charge is -2.06. The largest absolute Gasteiger partial charge is 0.360 e. The van der Waals surface area contributed by atoms with Gasteiger partial charge < -0.3 is 4.52 Å². The molecule has 4 heteroatoms. The zero-order chi connectivity index (χ0) is 13.1. The summed E-state index contributed by atoms with van der Waals surface area (Å²) in [5.41, 5.74) is 4.35. The molecular weight excluding hydrogens is 246 g/mol. The quantitative estimate of drug-likeness (QED) is 0.851. The molecule has 2 aromatic rings. The predicted molar refractivity (Wildman–Crippen MR) is 72.7 cm³/mol. The second-order valence-electron chi connectivity index (χ2n) is 4.59. The fourth-order valence-corrected chi connectivity index (χ4v) is 3.04. The SMILES string of the molecule is Cc1ccc(C)c(C[S@](=O)Cc2cc(C)no2)c1. The van der Waals surface area contributed by atoms with Gasteiger partial charge in [0.15, 0.2) is 0 Å². The van der Waals surface area contributed by atoms with Crippen LogP contribution in [0, 0.1) is 20.8 Å². The van der Waals surface area contributed by atoms with E-state index < -0.39 is 10.8 Å². The van der Waals surface area contributed by atoms with E-state index in [1.54, 1.807) is 0 Å². The number of benzene rings is 1. The fraction of sp³-hybridized carbons (Fsp3) is 0.357. The Morgan fingerprint density at radius 3 is 2.61 bits per heavy atom. The molecule has 0 amide bonds. The standard InChI is InChI=1S/C14H17NO2S/c1-10-4-5-11(2)13(6-10)8-18(16)9-14-7-12(3)15-17-14/h4-7H,8-9H2,1-3H3/t18-/m0/s1. The van der Waals surface area contributed by atoms with Gasteiger partial charge in [-0.15, -0.1) is 0 Å². The molecule has 18 heavy (non-hydrogen) atoms. The molecule has 1 aromatic heterocycles. The average molecular weight is 263 g/mol. The number of nitrogens with zero attached hydrogens (tertiary/aromatic N) is 1. The maximum Gasteiger partial charge on any atom is 0.149 e. The van der Waals surface area contributed by atoms with Crippen molar-refractivity contribution in [3.63, 3.8) is 0 Å². The van der Waals surface area contributed by atoms with Crippen LogP contribution in [0.4, 0.5) is 0 Å². The predicted octanol–water partition coefficient (Wildman–Crippen LogP) is 3.05. The van der Waals surface area contributed by atoms with Crippen LogP contribution in [-0.4, -0.2) is 9.37 Å². The molecule has 1 aromatic carbocycles. The van der Waals surface area contributed by atoms with Crippen LogP contribution in [-0.2, 0) is 22.3 Å². The van der Waals surface area contributed by atoms with Gasteiger partial charge in [-0.2, -0.15) is 0 Å². The molecular formula is C14H17NO2S. The van der Waals surface area contributed by atoms with Crippen LogP contribution in [0.2, 0.25) is 0 Å². The average Bonchev–Trinajstić information content (AvgIpc) is 2.69. The molecule has 0 unspecified atom stereocenters. The zero-order valence-corrected chi connectivity index (χ0v) is 11.7. The van der Waals surface area contributed by atoms with Gasteiger partial charge in [-0.05, 0) is 31.9 Å². The van der Waals surface area contributed by atoms with Gasteiger partial charge in [0, 0.05) is 22.6 Å². The molecule has 0 aliphatic heterocycles. The molecule has 0 bridgehead atoms. The maximum absolute atomic E-state index is 12.1. The first kappa shape index (κ1) is 13.0. The van der Waals surface area contributed by atoms with Crippen LogP contribution in [0.15, 0.2) is 28.8 Å². The number of hydrogen-bond acceptors (Lipinski definition) is 3. The summed E-state index contributed by atoms with van der Waals surface area (Å²) >= 11 is 0. The van der Waals surface area contributed by atoms with E-state index >= 15 is 0 Å². The summed E-state index contributed by atoms with van der Waals surface area (Å²) in [5.74, 6) is 1.68. The third-order valence-corrected chi connectivity index (χ3v) is 4.04. The summed E-state index contributed by atoms with van der Waals surface area (Å²) in [6.45, 7) is 5.96. The first-order valence-corrected chi connectivity index (χ1v) is 7.36. The minimum absolute atomic E-state index is 0.425. The summed E-state index contributed by atoms with van der Waals surface area (Å²) in [4.78, 5) is 0. The molecule has 0 N–H and O–H groups in total. The van der Waals surface area contributed by atoms with Crippen LogP contribution in [0.3, 0.4) is 0 Å². The van der Waals surface area contributed by atoms with Crippen molar-refractivity contribution in [3.8, 4) is 0 Å². The minimum atomic E-state index is -0.961. The van der Waals surface area contributed by atoms with Crippen LogP contribution < -0.4 is 0 Å². The lowest BCUT2D eigenvalue weighted by atomic mass is 10.1. The Morgan fingerprint density at radius 2 is 1.94 bits per heavy atom. The van der Waals surface area contributed by atoms with Crippen molar-refractivity contribution in [3.05, 3.63) is 52.4 Å². The molecule has 0 aliphatic rings. The monoisotopic (exact) mass is 263 g/mol. The van der Waals surface area contributed by atoms with Gasteiger partial charge in [-0.3, -0.25) is 4.21 Å². The molecule has 1 heterocycles. The van der Waals surface area contributed by atoms with Gasteiger partial charge in [0.05, 0.1) is 11.4 Å². The summed E-state index contributed by atoms with van der Waals surface area (Å²) in [6.07, 6.45) is 0. The Bertz CT molecular complexity index is 575. The van der Waals surface area contributed by atoms with E-state index in [-0.39, 0.29) is 0 Å². The van der Waals surface area contributed by atoms with E-state index in [2.05, 4.69) is 23.4 Å². The van der Waals surface area contributed by atoms with Crippen molar-refractivity contribution in [2.24, 2.45) is 0 Å². The lowest BCUT2D eigenvalue weighted by molar-refractivity contribution is 0.390. The van der Waals surface area contributed by atoms with Crippen LogP contribution >= 0.6 is 0 Å². The van der Waals surface area contributed by atoms with E-state index in [1.807, 2.05) is 26.8 Å².